The topological polar surface area (TPSA) is 4.10 Å². The number of hydrogen-bond acceptors (Lipinski definition) is 0. The van der Waals surface area contributed by atoms with Gasteiger partial charge in [0.2, 0.25) is 11.2 Å². The van der Waals surface area contributed by atoms with Gasteiger partial charge in [0, 0.05) is 23.1 Å². The van der Waals surface area contributed by atoms with Crippen LogP contribution in [0.4, 0.5) is 0 Å². The third-order valence-electron chi connectivity index (χ3n) is 5.45. The minimum atomic E-state index is 1.23. The lowest BCUT2D eigenvalue weighted by molar-refractivity contribution is -0.497. The molecule has 2 aromatic heterocycles. The largest absolute Gasteiger partial charge is 0.226 e. The normalized spacial score (nSPS) is 11.2. The van der Waals surface area contributed by atoms with E-state index in [0.717, 1.165) is 0 Å². The fraction of sp³-hybridized carbons (Fsp3) is 0.0741. The number of rotatable bonds is 2. The van der Waals surface area contributed by atoms with E-state index in [1.807, 2.05) is 0 Å². The molecule has 0 radical (unpaired) electrons. The van der Waals surface area contributed by atoms with Crippen molar-refractivity contribution in [3.8, 4) is 22.4 Å². The first-order valence-corrected chi connectivity index (χ1v) is 9.72. The summed E-state index contributed by atoms with van der Waals surface area (Å²) in [7, 11) is 0. The SMILES string of the molecule is Cc1cc(C)c2c(-c3ccccc3)c(-c3ccccc3)[n+]3ccccc3c2c1. The molecule has 0 spiro atoms. The molecule has 0 atom stereocenters. The molecule has 3 aromatic carbocycles. The van der Waals surface area contributed by atoms with Gasteiger partial charge < -0.3 is 0 Å². The molecule has 0 N–H and O–H groups in total. The van der Waals surface area contributed by atoms with Crippen molar-refractivity contribution in [3.05, 3.63) is 108 Å². The van der Waals surface area contributed by atoms with Crippen LogP contribution in [0.1, 0.15) is 11.1 Å². The van der Waals surface area contributed by atoms with Crippen molar-refractivity contribution in [2.45, 2.75) is 13.8 Å². The average molecular weight is 360 g/mol. The molecule has 0 aliphatic carbocycles. The maximum absolute atomic E-state index is 2.35. The van der Waals surface area contributed by atoms with Crippen LogP contribution in [0.2, 0.25) is 0 Å². The van der Waals surface area contributed by atoms with Crippen LogP contribution in [-0.2, 0) is 0 Å². The predicted octanol–water partition coefficient (Wildman–Crippen LogP) is 6.53. The Kier molecular flexibility index (Phi) is 3.95. The molecule has 28 heavy (non-hydrogen) atoms. The summed E-state index contributed by atoms with van der Waals surface area (Å²) < 4.78 is 2.35. The van der Waals surface area contributed by atoms with E-state index < -0.39 is 0 Å². The number of aromatic nitrogens is 1. The summed E-state index contributed by atoms with van der Waals surface area (Å²) in [5.74, 6) is 0. The second-order valence-electron chi connectivity index (χ2n) is 7.42. The Labute approximate surface area is 165 Å². The first-order valence-electron chi connectivity index (χ1n) is 9.72. The van der Waals surface area contributed by atoms with Crippen LogP contribution in [0.25, 0.3) is 38.7 Å². The second kappa shape index (κ2) is 6.61. The molecule has 0 unspecified atom stereocenters. The lowest BCUT2D eigenvalue weighted by Gasteiger charge is -2.15. The zero-order valence-electron chi connectivity index (χ0n) is 16.2. The molecule has 1 heteroatoms. The molecule has 0 aliphatic rings. The summed E-state index contributed by atoms with van der Waals surface area (Å²) in [4.78, 5) is 0. The van der Waals surface area contributed by atoms with Gasteiger partial charge in [0.15, 0.2) is 6.20 Å². The van der Waals surface area contributed by atoms with E-state index in [0.29, 0.717) is 0 Å². The summed E-state index contributed by atoms with van der Waals surface area (Å²) in [5, 5.41) is 2.64. The zero-order valence-corrected chi connectivity index (χ0v) is 16.2. The molecule has 0 fully saturated rings. The van der Waals surface area contributed by atoms with E-state index in [1.54, 1.807) is 0 Å². The van der Waals surface area contributed by atoms with Crippen LogP contribution in [0.15, 0.2) is 97.2 Å². The molecule has 1 nitrogen and oxygen atoms in total. The van der Waals surface area contributed by atoms with Gasteiger partial charge in [0.25, 0.3) is 0 Å². The Hall–Kier alpha value is -3.45. The molecular weight excluding hydrogens is 338 g/mol. The molecule has 0 aliphatic heterocycles. The van der Waals surface area contributed by atoms with E-state index in [-0.39, 0.29) is 0 Å². The second-order valence-corrected chi connectivity index (χ2v) is 7.42. The summed E-state index contributed by atoms with van der Waals surface area (Å²) in [5.41, 5.74) is 8.85. The summed E-state index contributed by atoms with van der Waals surface area (Å²) in [6.07, 6.45) is 2.18. The van der Waals surface area contributed by atoms with Gasteiger partial charge in [-0.3, -0.25) is 0 Å². The highest BCUT2D eigenvalue weighted by atomic mass is 14.9. The van der Waals surface area contributed by atoms with Crippen molar-refractivity contribution in [2.24, 2.45) is 0 Å². The minimum Gasteiger partial charge on any atom is -0.159 e. The lowest BCUT2D eigenvalue weighted by atomic mass is 9.89. The molecule has 0 saturated heterocycles. The fourth-order valence-corrected chi connectivity index (χ4v) is 4.36. The Bertz CT molecular complexity index is 1300. The predicted molar refractivity (Wildman–Crippen MR) is 117 cm³/mol. The van der Waals surface area contributed by atoms with Crippen molar-refractivity contribution in [3.63, 3.8) is 0 Å². The third-order valence-corrected chi connectivity index (χ3v) is 5.45. The number of nitrogens with zero attached hydrogens (tertiary/aromatic N) is 1. The van der Waals surface area contributed by atoms with Crippen LogP contribution < -0.4 is 4.40 Å². The van der Waals surface area contributed by atoms with Gasteiger partial charge in [0.1, 0.15) is 0 Å². The van der Waals surface area contributed by atoms with Gasteiger partial charge in [-0.2, -0.15) is 4.40 Å². The van der Waals surface area contributed by atoms with Crippen molar-refractivity contribution >= 4 is 16.3 Å². The van der Waals surface area contributed by atoms with Crippen LogP contribution in [0.3, 0.4) is 0 Å². The number of benzene rings is 3. The van der Waals surface area contributed by atoms with Crippen LogP contribution in [0.5, 0.6) is 0 Å². The molecular formula is C27H22N+. The number of fused-ring (bicyclic) bond motifs is 3. The monoisotopic (exact) mass is 360 g/mol. The Morgan fingerprint density at radius 1 is 0.643 bits per heavy atom. The van der Waals surface area contributed by atoms with Gasteiger partial charge in [-0.15, -0.1) is 0 Å². The van der Waals surface area contributed by atoms with Crippen molar-refractivity contribution < 1.29 is 4.40 Å². The first-order chi connectivity index (χ1) is 13.7. The van der Waals surface area contributed by atoms with E-state index in [4.69, 9.17) is 0 Å². The zero-order chi connectivity index (χ0) is 19.1. The number of pyridine rings is 2. The minimum absolute atomic E-state index is 1.23. The summed E-state index contributed by atoms with van der Waals surface area (Å²) >= 11 is 0. The van der Waals surface area contributed by atoms with Gasteiger partial charge >= 0.3 is 0 Å². The number of hydrogen-bond donors (Lipinski definition) is 0. The molecule has 134 valence electrons. The van der Waals surface area contributed by atoms with Crippen molar-refractivity contribution in [2.75, 3.05) is 0 Å². The molecule has 0 saturated carbocycles. The molecule has 0 bridgehead atoms. The smallest absolute Gasteiger partial charge is 0.159 e. The maximum atomic E-state index is 2.35. The maximum Gasteiger partial charge on any atom is 0.226 e. The van der Waals surface area contributed by atoms with Crippen molar-refractivity contribution in [1.29, 1.82) is 0 Å². The van der Waals surface area contributed by atoms with Crippen LogP contribution in [0, 0.1) is 13.8 Å². The highest BCUT2D eigenvalue weighted by Gasteiger charge is 2.25. The lowest BCUT2D eigenvalue weighted by Crippen LogP contribution is -2.26. The Balaban J connectivity index is 2.10. The Morgan fingerprint density at radius 2 is 1.29 bits per heavy atom. The van der Waals surface area contributed by atoms with Crippen molar-refractivity contribution in [1.82, 2.24) is 0 Å². The van der Waals surface area contributed by atoms with Gasteiger partial charge in [0.05, 0.1) is 10.9 Å². The molecule has 0 amide bonds. The highest BCUT2D eigenvalue weighted by molar-refractivity contribution is 6.08. The fourth-order valence-electron chi connectivity index (χ4n) is 4.36. The summed E-state index contributed by atoms with van der Waals surface area (Å²) in [6, 6.07) is 32.6. The van der Waals surface area contributed by atoms with Gasteiger partial charge in [-0.25, -0.2) is 0 Å². The third kappa shape index (κ3) is 2.59. The van der Waals surface area contributed by atoms with Crippen LogP contribution >= 0.6 is 0 Å². The van der Waals surface area contributed by atoms with E-state index >= 15 is 0 Å². The van der Waals surface area contributed by atoms with Gasteiger partial charge in [-0.1, -0.05) is 54.6 Å². The van der Waals surface area contributed by atoms with E-state index in [2.05, 4.69) is 115 Å². The highest BCUT2D eigenvalue weighted by Crippen LogP contribution is 2.39. The average Bonchev–Trinajstić information content (AvgIpc) is 2.74. The molecule has 5 rings (SSSR count). The van der Waals surface area contributed by atoms with Gasteiger partial charge in [-0.05, 0) is 54.8 Å². The van der Waals surface area contributed by atoms with E-state index in [9.17, 15) is 0 Å². The quantitative estimate of drug-likeness (QED) is 0.249. The molecule has 5 aromatic rings. The Morgan fingerprint density at radius 3 is 2.00 bits per heavy atom. The standard InChI is InChI=1S/C27H22N/c1-19-17-20(2)25-23(18-19)24-15-9-10-16-28(24)27(22-13-7-4-8-14-22)26(25)21-11-5-3-6-12-21/h3-18H,1-2H3/q+1. The number of aryl methyl sites for hydroxylation is 2. The summed E-state index contributed by atoms with van der Waals surface area (Å²) in [6.45, 7) is 4.41. The molecule has 2 heterocycles. The first kappa shape index (κ1) is 16.7. The van der Waals surface area contributed by atoms with Crippen LogP contribution in [-0.4, -0.2) is 0 Å². The van der Waals surface area contributed by atoms with E-state index in [1.165, 1.54) is 49.8 Å².